The Hall–Kier alpha value is -3.85. The first-order chi connectivity index (χ1) is 18.3. The Bertz CT molecular complexity index is 1450. The second-order valence-electron chi connectivity index (χ2n) is 9.09. The Labute approximate surface area is 224 Å². The summed E-state index contributed by atoms with van der Waals surface area (Å²) in [6, 6.07) is 10.9. The van der Waals surface area contributed by atoms with Gasteiger partial charge >= 0.3 is 12.4 Å². The van der Waals surface area contributed by atoms with Crippen LogP contribution in [0.3, 0.4) is 0 Å². The molecule has 1 aromatic carbocycles. The van der Waals surface area contributed by atoms with Gasteiger partial charge in [-0.05, 0) is 55.5 Å². The van der Waals surface area contributed by atoms with E-state index in [9.17, 15) is 36.4 Å². The maximum Gasteiger partial charge on any atom is 0.455 e. The van der Waals surface area contributed by atoms with Gasteiger partial charge in [0.25, 0.3) is 5.78 Å². The number of nitrogen functional groups attached to an aromatic ring is 1. The maximum absolute atomic E-state index is 14.0. The summed E-state index contributed by atoms with van der Waals surface area (Å²) in [6.07, 6.45) is -8.48. The summed E-state index contributed by atoms with van der Waals surface area (Å²) < 4.78 is 80.3. The number of anilines is 2. The third-order valence-electron chi connectivity index (χ3n) is 6.34. The Morgan fingerprint density at radius 3 is 2.49 bits per heavy atom. The molecule has 2 N–H and O–H groups in total. The minimum atomic E-state index is -5.10. The number of halogens is 7. The number of pyridine rings is 2. The van der Waals surface area contributed by atoms with Crippen LogP contribution < -0.4 is 10.6 Å². The number of alkyl halides is 6. The minimum absolute atomic E-state index is 0.000286. The van der Waals surface area contributed by atoms with Crippen molar-refractivity contribution in [3.63, 3.8) is 0 Å². The molecule has 1 saturated heterocycles. The SMILES string of the molecule is N#Cc1c(C(F)(F)F)cc(-c2cccc(Cl)c2)nc1N1CCCC(Cc2ccc(C(=O)C(F)(F)F)c(N)n2)C1. The summed E-state index contributed by atoms with van der Waals surface area (Å²) in [4.78, 5) is 21.5. The monoisotopic (exact) mass is 567 g/mol. The van der Waals surface area contributed by atoms with E-state index in [1.807, 2.05) is 0 Å². The molecule has 1 atom stereocenters. The van der Waals surface area contributed by atoms with Crippen LogP contribution in [0.15, 0.2) is 42.5 Å². The molecule has 39 heavy (non-hydrogen) atoms. The lowest BCUT2D eigenvalue weighted by Crippen LogP contribution is -2.37. The standard InChI is InChI=1S/C26H20ClF6N5O/c27-16-5-1-4-15(10-16)21-11-20(25(28,29)30)19(12-34)24(37-21)38-8-2-3-14(13-38)9-17-6-7-18(23(35)36-17)22(39)26(31,32)33/h1,4-7,10-11,14H,2-3,8-9,13H2,(H2,35,36). The summed E-state index contributed by atoms with van der Waals surface area (Å²) in [7, 11) is 0. The van der Waals surface area contributed by atoms with Gasteiger partial charge in [0.15, 0.2) is 0 Å². The van der Waals surface area contributed by atoms with Gasteiger partial charge in [0.2, 0.25) is 0 Å². The average molecular weight is 568 g/mol. The van der Waals surface area contributed by atoms with E-state index >= 15 is 0 Å². The van der Waals surface area contributed by atoms with Crippen LogP contribution in [0.1, 0.15) is 40.0 Å². The number of hydrogen-bond acceptors (Lipinski definition) is 6. The van der Waals surface area contributed by atoms with Crippen LogP contribution in [-0.2, 0) is 12.6 Å². The fourth-order valence-corrected chi connectivity index (χ4v) is 4.78. The van der Waals surface area contributed by atoms with Gasteiger partial charge in [0.1, 0.15) is 23.3 Å². The van der Waals surface area contributed by atoms with Gasteiger partial charge in [-0.3, -0.25) is 4.79 Å². The fraction of sp³-hybridized carbons (Fsp3) is 0.308. The molecule has 13 heteroatoms. The van der Waals surface area contributed by atoms with Crippen molar-refractivity contribution in [3.05, 3.63) is 69.9 Å². The van der Waals surface area contributed by atoms with E-state index in [0.717, 1.165) is 12.1 Å². The number of ketones is 1. The van der Waals surface area contributed by atoms with Gasteiger partial charge < -0.3 is 10.6 Å². The van der Waals surface area contributed by atoms with E-state index in [1.54, 1.807) is 29.2 Å². The smallest absolute Gasteiger partial charge is 0.383 e. The number of carbonyl (C=O) groups excluding carboxylic acids is 1. The lowest BCUT2D eigenvalue weighted by molar-refractivity contribution is -0.137. The van der Waals surface area contributed by atoms with Gasteiger partial charge in [-0.25, -0.2) is 9.97 Å². The zero-order valence-corrected chi connectivity index (χ0v) is 20.8. The van der Waals surface area contributed by atoms with Crippen LogP contribution in [0, 0.1) is 17.2 Å². The number of aromatic nitrogens is 2. The summed E-state index contributed by atoms with van der Waals surface area (Å²) in [6.45, 7) is 0.547. The van der Waals surface area contributed by atoms with Crippen molar-refractivity contribution in [3.8, 4) is 17.3 Å². The van der Waals surface area contributed by atoms with Crippen LogP contribution >= 0.6 is 11.6 Å². The largest absolute Gasteiger partial charge is 0.455 e. The van der Waals surface area contributed by atoms with Gasteiger partial charge in [0, 0.05) is 29.4 Å². The first-order valence-corrected chi connectivity index (χ1v) is 12.1. The second kappa shape index (κ2) is 10.7. The van der Waals surface area contributed by atoms with Crippen molar-refractivity contribution in [1.29, 1.82) is 5.26 Å². The van der Waals surface area contributed by atoms with Crippen LogP contribution in [0.2, 0.25) is 5.02 Å². The predicted molar refractivity (Wildman–Crippen MR) is 132 cm³/mol. The van der Waals surface area contributed by atoms with E-state index in [4.69, 9.17) is 17.3 Å². The summed E-state index contributed by atoms with van der Waals surface area (Å²) in [5.41, 5.74) is 3.82. The molecule has 3 aromatic rings. The molecule has 2 aromatic heterocycles. The third kappa shape index (κ3) is 6.25. The molecule has 3 heterocycles. The molecule has 1 fully saturated rings. The van der Waals surface area contributed by atoms with Gasteiger partial charge in [-0.15, -0.1) is 0 Å². The molecular weight excluding hydrogens is 548 g/mol. The van der Waals surface area contributed by atoms with E-state index in [2.05, 4.69) is 9.97 Å². The zero-order chi connectivity index (χ0) is 28.5. The lowest BCUT2D eigenvalue weighted by Gasteiger charge is -2.34. The number of carbonyl (C=O) groups is 1. The molecule has 1 aliphatic rings. The minimum Gasteiger partial charge on any atom is -0.383 e. The molecule has 1 aliphatic heterocycles. The van der Waals surface area contributed by atoms with E-state index in [0.29, 0.717) is 35.7 Å². The molecule has 4 rings (SSSR count). The first kappa shape index (κ1) is 28.2. The van der Waals surface area contributed by atoms with Gasteiger partial charge in [-0.2, -0.15) is 31.6 Å². The first-order valence-electron chi connectivity index (χ1n) is 11.7. The molecule has 0 spiro atoms. The number of Topliss-reactive ketones (excluding diaryl/α,β-unsaturated/α-hetero) is 1. The van der Waals surface area contributed by atoms with Crippen molar-refractivity contribution < 1.29 is 31.1 Å². The Kier molecular flexibility index (Phi) is 7.75. The highest BCUT2D eigenvalue weighted by molar-refractivity contribution is 6.30. The number of nitriles is 1. The second-order valence-corrected chi connectivity index (χ2v) is 9.53. The summed E-state index contributed by atoms with van der Waals surface area (Å²) >= 11 is 6.03. The summed E-state index contributed by atoms with van der Waals surface area (Å²) in [5.74, 6) is -2.96. The quantitative estimate of drug-likeness (QED) is 0.280. The highest BCUT2D eigenvalue weighted by Gasteiger charge is 2.41. The van der Waals surface area contributed by atoms with Crippen LogP contribution in [0.5, 0.6) is 0 Å². The number of nitrogens with two attached hydrogens (primary N) is 1. The highest BCUT2D eigenvalue weighted by atomic mass is 35.5. The molecule has 0 bridgehead atoms. The molecule has 0 radical (unpaired) electrons. The molecular formula is C26H20ClF6N5O. The number of rotatable bonds is 5. The number of nitrogens with zero attached hydrogens (tertiary/aromatic N) is 4. The molecule has 0 saturated carbocycles. The number of piperidine rings is 1. The van der Waals surface area contributed by atoms with E-state index in [1.165, 1.54) is 12.1 Å². The van der Waals surface area contributed by atoms with Gasteiger partial charge in [0.05, 0.1) is 16.8 Å². The maximum atomic E-state index is 14.0. The highest BCUT2D eigenvalue weighted by Crippen LogP contribution is 2.39. The predicted octanol–water partition coefficient (Wildman–Crippen LogP) is 6.47. The van der Waals surface area contributed by atoms with Gasteiger partial charge in [-0.1, -0.05) is 23.7 Å². The Morgan fingerprint density at radius 2 is 1.87 bits per heavy atom. The van der Waals surface area contributed by atoms with Crippen molar-refractivity contribution in [2.75, 3.05) is 23.7 Å². The summed E-state index contributed by atoms with van der Waals surface area (Å²) in [5, 5.41) is 10.00. The van der Waals surface area contributed by atoms with Crippen molar-refractivity contribution in [2.24, 2.45) is 5.92 Å². The van der Waals surface area contributed by atoms with Crippen LogP contribution in [0.25, 0.3) is 11.3 Å². The average Bonchev–Trinajstić information content (AvgIpc) is 2.86. The van der Waals surface area contributed by atoms with E-state index in [-0.39, 0.29) is 30.4 Å². The van der Waals surface area contributed by atoms with Crippen molar-refractivity contribution in [1.82, 2.24) is 9.97 Å². The Balaban J connectivity index is 1.65. The van der Waals surface area contributed by atoms with Crippen LogP contribution in [0.4, 0.5) is 38.0 Å². The molecule has 6 nitrogen and oxygen atoms in total. The normalized spacial score (nSPS) is 16.2. The number of hydrogen-bond donors (Lipinski definition) is 1. The van der Waals surface area contributed by atoms with E-state index < -0.39 is 40.6 Å². The molecule has 0 aliphatic carbocycles. The third-order valence-corrected chi connectivity index (χ3v) is 6.57. The van der Waals surface area contributed by atoms with Crippen molar-refractivity contribution >= 4 is 29.0 Å². The fourth-order valence-electron chi connectivity index (χ4n) is 4.59. The zero-order valence-electron chi connectivity index (χ0n) is 20.1. The molecule has 1 unspecified atom stereocenters. The number of benzene rings is 1. The molecule has 0 amide bonds. The Morgan fingerprint density at radius 1 is 1.13 bits per heavy atom. The molecule has 204 valence electrons. The lowest BCUT2D eigenvalue weighted by atomic mass is 9.92. The van der Waals surface area contributed by atoms with Crippen LogP contribution in [-0.4, -0.2) is 35.0 Å². The van der Waals surface area contributed by atoms with Crippen molar-refractivity contribution in [2.45, 2.75) is 31.6 Å². The topological polar surface area (TPSA) is 95.9 Å².